The number of hydrogen-bond donors (Lipinski definition) is 2. The molecule has 0 aromatic heterocycles. The molecule has 0 radical (unpaired) electrons. The number of nitrogens with zero attached hydrogens (tertiary/aromatic N) is 1. The Morgan fingerprint density at radius 2 is 2.21 bits per heavy atom. The lowest BCUT2D eigenvalue weighted by molar-refractivity contribution is -0.150. The van der Waals surface area contributed by atoms with Crippen LogP contribution in [-0.4, -0.2) is 48.4 Å². The first-order valence-corrected chi connectivity index (χ1v) is 6.00. The number of aliphatic hydroxyl groups excluding tert-OH is 2. The van der Waals surface area contributed by atoms with Crippen LogP contribution >= 0.6 is 0 Å². The van der Waals surface area contributed by atoms with Crippen molar-refractivity contribution in [1.29, 1.82) is 0 Å². The van der Waals surface area contributed by atoms with Crippen LogP contribution in [0.1, 0.15) is 20.3 Å². The van der Waals surface area contributed by atoms with Gasteiger partial charge in [0.05, 0.1) is 25.8 Å². The molecule has 0 fully saturated rings. The van der Waals surface area contributed by atoms with Crippen molar-refractivity contribution >= 4 is 18.0 Å². The number of aliphatic hydroxyl groups is 2. The molecule has 0 saturated carbocycles. The molecule has 0 aliphatic heterocycles. The fourth-order valence-corrected chi connectivity index (χ4v) is 2.18. The number of methoxy groups -OCH3 is 1. The number of ether oxygens (including phenoxy) is 1. The first-order chi connectivity index (χ1) is 8.85. The van der Waals surface area contributed by atoms with Crippen LogP contribution in [-0.2, 0) is 14.3 Å². The molecule has 0 heterocycles. The average Bonchev–Trinajstić information content (AvgIpc) is 2.31. The molecule has 1 unspecified atom stereocenters. The molecule has 6 nitrogen and oxygen atoms in total. The Bertz CT molecular complexity index is 436. The van der Waals surface area contributed by atoms with E-state index in [4.69, 9.17) is 5.11 Å². The van der Waals surface area contributed by atoms with E-state index in [-0.39, 0.29) is 36.7 Å². The number of carbonyl (C=O) groups is 2. The molecule has 1 aliphatic rings. The predicted octanol–water partition coefficient (Wildman–Crippen LogP) is 0.650. The summed E-state index contributed by atoms with van der Waals surface area (Å²) in [5.41, 5.74) is -0.689. The monoisotopic (exact) mass is 269 g/mol. The van der Waals surface area contributed by atoms with Gasteiger partial charge >= 0.3 is 5.97 Å². The van der Waals surface area contributed by atoms with Crippen molar-refractivity contribution in [2.45, 2.75) is 20.3 Å². The van der Waals surface area contributed by atoms with Gasteiger partial charge in [-0.05, 0) is 5.41 Å². The highest BCUT2D eigenvalue weighted by molar-refractivity contribution is 6.15. The number of allylic oxidation sites excluding steroid dienone is 1. The Kier molecular flexibility index (Phi) is 4.83. The summed E-state index contributed by atoms with van der Waals surface area (Å²) < 4.78 is 4.68. The van der Waals surface area contributed by atoms with Crippen molar-refractivity contribution in [3.05, 3.63) is 11.3 Å². The minimum absolute atomic E-state index is 0.0168. The minimum Gasteiger partial charge on any atom is -0.511 e. The van der Waals surface area contributed by atoms with Crippen molar-refractivity contribution in [1.82, 2.24) is 0 Å². The van der Waals surface area contributed by atoms with Crippen LogP contribution in [0.3, 0.4) is 0 Å². The van der Waals surface area contributed by atoms with Crippen LogP contribution in [0.4, 0.5) is 0 Å². The van der Waals surface area contributed by atoms with Gasteiger partial charge in [0, 0.05) is 12.6 Å². The largest absolute Gasteiger partial charge is 0.511 e. The first kappa shape index (κ1) is 15.4. The van der Waals surface area contributed by atoms with E-state index in [1.807, 2.05) is 0 Å². The molecule has 1 rings (SSSR count). The van der Waals surface area contributed by atoms with Crippen LogP contribution in [0.15, 0.2) is 16.3 Å². The molecule has 1 aliphatic carbocycles. The first-order valence-electron chi connectivity index (χ1n) is 6.00. The van der Waals surface area contributed by atoms with Crippen LogP contribution in [0.25, 0.3) is 0 Å². The van der Waals surface area contributed by atoms with E-state index in [1.54, 1.807) is 13.8 Å². The molecule has 0 spiro atoms. The summed E-state index contributed by atoms with van der Waals surface area (Å²) in [5, 5.41) is 18.8. The van der Waals surface area contributed by atoms with Gasteiger partial charge in [-0.25, -0.2) is 0 Å². The highest BCUT2D eigenvalue weighted by atomic mass is 16.5. The second-order valence-corrected chi connectivity index (χ2v) is 5.10. The van der Waals surface area contributed by atoms with Crippen molar-refractivity contribution in [3.63, 3.8) is 0 Å². The van der Waals surface area contributed by atoms with E-state index >= 15 is 0 Å². The predicted molar refractivity (Wildman–Crippen MR) is 69.0 cm³/mol. The molecule has 6 heteroatoms. The lowest BCUT2D eigenvalue weighted by Crippen LogP contribution is -2.40. The van der Waals surface area contributed by atoms with Crippen molar-refractivity contribution in [2.24, 2.45) is 16.3 Å². The minimum atomic E-state index is -0.884. The fourth-order valence-electron chi connectivity index (χ4n) is 2.18. The van der Waals surface area contributed by atoms with Gasteiger partial charge in [0.15, 0.2) is 5.78 Å². The Morgan fingerprint density at radius 1 is 1.58 bits per heavy atom. The van der Waals surface area contributed by atoms with Crippen molar-refractivity contribution < 1.29 is 24.5 Å². The van der Waals surface area contributed by atoms with Gasteiger partial charge in [0.25, 0.3) is 0 Å². The molecule has 106 valence electrons. The van der Waals surface area contributed by atoms with Gasteiger partial charge in [0.1, 0.15) is 11.7 Å². The standard InChI is InChI=1S/C13H19NO5/c1-13(2)6-9(16)8(7-14-4-5-15)11(17)10(13)12(18)19-3/h7,10,15,17H,4-6H2,1-3H3. The van der Waals surface area contributed by atoms with E-state index < -0.39 is 17.3 Å². The third-order valence-corrected chi connectivity index (χ3v) is 3.13. The van der Waals surface area contributed by atoms with Crippen molar-refractivity contribution in [2.75, 3.05) is 20.3 Å². The Morgan fingerprint density at radius 3 is 2.74 bits per heavy atom. The molecule has 2 N–H and O–H groups in total. The van der Waals surface area contributed by atoms with E-state index in [2.05, 4.69) is 9.73 Å². The summed E-state index contributed by atoms with van der Waals surface area (Å²) >= 11 is 0. The zero-order valence-corrected chi connectivity index (χ0v) is 11.3. The third-order valence-electron chi connectivity index (χ3n) is 3.13. The smallest absolute Gasteiger partial charge is 0.316 e. The Balaban J connectivity index is 3.19. The zero-order chi connectivity index (χ0) is 14.6. The lowest BCUT2D eigenvalue weighted by Gasteiger charge is -2.35. The van der Waals surface area contributed by atoms with Gasteiger partial charge in [-0.1, -0.05) is 13.8 Å². The van der Waals surface area contributed by atoms with E-state index in [0.29, 0.717) is 0 Å². The lowest BCUT2D eigenvalue weighted by atomic mass is 9.68. The summed E-state index contributed by atoms with van der Waals surface area (Å²) in [6.45, 7) is 3.44. The van der Waals surface area contributed by atoms with Crippen LogP contribution in [0.5, 0.6) is 0 Å². The number of hydrogen-bond acceptors (Lipinski definition) is 6. The van der Waals surface area contributed by atoms with Gasteiger partial charge in [0.2, 0.25) is 0 Å². The van der Waals surface area contributed by atoms with Gasteiger partial charge in [-0.3, -0.25) is 14.6 Å². The van der Waals surface area contributed by atoms with Crippen molar-refractivity contribution in [3.8, 4) is 0 Å². The number of ketones is 1. The molecule has 19 heavy (non-hydrogen) atoms. The summed E-state index contributed by atoms with van der Waals surface area (Å²) in [7, 11) is 1.24. The summed E-state index contributed by atoms with van der Waals surface area (Å²) in [5.74, 6) is -2.05. The number of esters is 1. The zero-order valence-electron chi connectivity index (χ0n) is 11.3. The number of carbonyl (C=O) groups excluding carboxylic acids is 2. The molecular formula is C13H19NO5. The van der Waals surface area contributed by atoms with Crippen LogP contribution in [0.2, 0.25) is 0 Å². The summed E-state index contributed by atoms with van der Waals surface area (Å²) in [6, 6.07) is 0. The highest BCUT2D eigenvalue weighted by Gasteiger charge is 2.46. The topological polar surface area (TPSA) is 96.2 Å². The maximum Gasteiger partial charge on any atom is 0.316 e. The van der Waals surface area contributed by atoms with E-state index in [1.165, 1.54) is 13.3 Å². The highest BCUT2D eigenvalue weighted by Crippen LogP contribution is 2.41. The molecule has 0 aromatic carbocycles. The number of aliphatic imine (C=N–C) groups is 1. The van der Waals surface area contributed by atoms with Crippen LogP contribution in [0, 0.1) is 11.3 Å². The Hall–Kier alpha value is -1.69. The number of rotatable bonds is 4. The molecule has 0 amide bonds. The number of Topliss-reactive ketones (excluding diaryl/α,β-unsaturated/α-hetero) is 1. The summed E-state index contributed by atoms with van der Waals surface area (Å²) in [6.07, 6.45) is 1.33. The maximum absolute atomic E-state index is 11.9. The van der Waals surface area contributed by atoms with E-state index in [0.717, 1.165) is 0 Å². The fraction of sp³-hybridized carbons (Fsp3) is 0.615. The van der Waals surface area contributed by atoms with Gasteiger partial charge < -0.3 is 14.9 Å². The maximum atomic E-state index is 11.9. The average molecular weight is 269 g/mol. The molecule has 0 saturated heterocycles. The van der Waals surface area contributed by atoms with E-state index in [9.17, 15) is 14.7 Å². The molecule has 0 bridgehead atoms. The second-order valence-electron chi connectivity index (χ2n) is 5.10. The van der Waals surface area contributed by atoms with Gasteiger partial charge in [-0.2, -0.15) is 0 Å². The third kappa shape index (κ3) is 3.20. The molecule has 0 aromatic rings. The Labute approximate surface area is 111 Å². The molecular weight excluding hydrogens is 250 g/mol. The normalized spacial score (nSPS) is 22.9. The van der Waals surface area contributed by atoms with Crippen LogP contribution < -0.4 is 0 Å². The SMILES string of the molecule is COC(=O)C1C(O)=C(C=NCCO)C(=O)CC1(C)C. The molecule has 1 atom stereocenters. The summed E-state index contributed by atoms with van der Waals surface area (Å²) in [4.78, 5) is 27.5. The quantitative estimate of drug-likeness (QED) is 0.577. The van der Waals surface area contributed by atoms with Gasteiger partial charge in [-0.15, -0.1) is 0 Å². The second kappa shape index (κ2) is 5.97.